The molecule has 2 N–H and O–H groups in total. The number of hydrogen-bond acceptors (Lipinski definition) is 6. The Labute approximate surface area is 109 Å². The number of allylic oxidation sites excluding steroid dienone is 1. The van der Waals surface area contributed by atoms with Gasteiger partial charge in [0.05, 0.1) is 0 Å². The van der Waals surface area contributed by atoms with Gasteiger partial charge < -0.3 is 5.32 Å². The number of H-pyrrole nitrogens is 1. The van der Waals surface area contributed by atoms with Crippen LogP contribution in [0.5, 0.6) is 0 Å². The van der Waals surface area contributed by atoms with Gasteiger partial charge in [-0.2, -0.15) is 10.5 Å². The first-order chi connectivity index (χ1) is 9.20. The molecule has 0 bridgehead atoms. The van der Waals surface area contributed by atoms with Crippen LogP contribution in [0.1, 0.15) is 23.1 Å². The van der Waals surface area contributed by atoms with Crippen LogP contribution in [-0.4, -0.2) is 26.4 Å². The molecule has 7 nitrogen and oxygen atoms in total. The Balaban J connectivity index is 2.20. The molecule has 0 saturated carbocycles. The van der Waals surface area contributed by atoms with Gasteiger partial charge in [0.2, 0.25) is 5.82 Å². The van der Waals surface area contributed by atoms with Crippen LogP contribution in [-0.2, 0) is 0 Å². The normalized spacial score (nSPS) is 10.8. The van der Waals surface area contributed by atoms with Crippen LogP contribution < -0.4 is 5.32 Å². The summed E-state index contributed by atoms with van der Waals surface area (Å²) in [4.78, 5) is 11.3. The molecule has 0 atom stereocenters. The van der Waals surface area contributed by atoms with E-state index >= 15 is 0 Å². The topological polar surface area (TPSA) is 107 Å². The minimum Gasteiger partial charge on any atom is -0.360 e. The molecule has 2 rings (SSSR count). The smallest absolute Gasteiger partial charge is 0.216 e. The number of anilines is 1. The van der Waals surface area contributed by atoms with Crippen molar-refractivity contribution in [1.29, 1.82) is 5.26 Å². The standard InChI is InChI=1S/C12H10N6O/c1-8(19)9-3-2-4-11(5-9)14-7-10(6-13)12-15-17-18-16-12/h2-5,7,14H,1H3,(H,15,16,17,18). The van der Waals surface area contributed by atoms with Crippen LogP contribution in [0.25, 0.3) is 5.57 Å². The summed E-state index contributed by atoms with van der Waals surface area (Å²) in [5, 5.41) is 25.0. The fourth-order valence-electron chi connectivity index (χ4n) is 1.41. The van der Waals surface area contributed by atoms with Crippen molar-refractivity contribution in [3.05, 3.63) is 41.9 Å². The number of carbonyl (C=O) groups is 1. The zero-order valence-electron chi connectivity index (χ0n) is 10.1. The van der Waals surface area contributed by atoms with Crippen LogP contribution in [0, 0.1) is 11.3 Å². The van der Waals surface area contributed by atoms with Crippen molar-refractivity contribution in [2.24, 2.45) is 0 Å². The number of ketones is 1. The summed E-state index contributed by atoms with van der Waals surface area (Å²) in [7, 11) is 0. The average molecular weight is 254 g/mol. The highest BCUT2D eigenvalue weighted by Crippen LogP contribution is 2.13. The Morgan fingerprint density at radius 3 is 3.00 bits per heavy atom. The maximum absolute atomic E-state index is 11.3. The summed E-state index contributed by atoms with van der Waals surface area (Å²) < 4.78 is 0. The maximum atomic E-state index is 11.3. The zero-order chi connectivity index (χ0) is 13.7. The molecule has 0 aliphatic carbocycles. The molecule has 0 amide bonds. The largest absolute Gasteiger partial charge is 0.360 e. The first-order valence-corrected chi connectivity index (χ1v) is 5.42. The zero-order valence-corrected chi connectivity index (χ0v) is 10.1. The third-order valence-electron chi connectivity index (χ3n) is 2.36. The number of Topliss-reactive ketones (excluding diaryl/α,β-unsaturated/α-hetero) is 1. The third-order valence-corrected chi connectivity index (χ3v) is 2.36. The lowest BCUT2D eigenvalue weighted by molar-refractivity contribution is 0.101. The van der Waals surface area contributed by atoms with Crippen molar-refractivity contribution in [1.82, 2.24) is 20.6 Å². The minimum atomic E-state index is -0.0219. The average Bonchev–Trinajstić information content (AvgIpc) is 2.94. The van der Waals surface area contributed by atoms with Crippen molar-refractivity contribution in [2.45, 2.75) is 6.92 Å². The Morgan fingerprint density at radius 1 is 1.53 bits per heavy atom. The highest BCUT2D eigenvalue weighted by Gasteiger charge is 2.05. The number of aromatic amines is 1. The Morgan fingerprint density at radius 2 is 2.37 bits per heavy atom. The van der Waals surface area contributed by atoms with E-state index < -0.39 is 0 Å². The highest BCUT2D eigenvalue weighted by molar-refractivity contribution is 5.95. The Bertz CT molecular complexity index is 653. The highest BCUT2D eigenvalue weighted by atomic mass is 16.1. The monoisotopic (exact) mass is 254 g/mol. The lowest BCUT2D eigenvalue weighted by atomic mass is 10.1. The van der Waals surface area contributed by atoms with E-state index in [4.69, 9.17) is 5.26 Å². The molecular formula is C12H10N6O. The molecule has 0 spiro atoms. The van der Waals surface area contributed by atoms with Gasteiger partial charge >= 0.3 is 0 Å². The fourth-order valence-corrected chi connectivity index (χ4v) is 1.41. The summed E-state index contributed by atoms with van der Waals surface area (Å²) in [5.41, 5.74) is 1.53. The SMILES string of the molecule is CC(=O)c1cccc(NC=C(C#N)c2nn[nH]n2)c1. The van der Waals surface area contributed by atoms with E-state index in [-0.39, 0.29) is 17.2 Å². The minimum absolute atomic E-state index is 0.0219. The third kappa shape index (κ3) is 3.01. The van der Waals surface area contributed by atoms with E-state index in [1.54, 1.807) is 24.3 Å². The maximum Gasteiger partial charge on any atom is 0.216 e. The fraction of sp³-hybridized carbons (Fsp3) is 0.0833. The first-order valence-electron chi connectivity index (χ1n) is 5.42. The lowest BCUT2D eigenvalue weighted by Crippen LogP contribution is -1.96. The molecule has 0 saturated heterocycles. The lowest BCUT2D eigenvalue weighted by Gasteiger charge is -2.02. The quantitative estimate of drug-likeness (QED) is 0.630. The summed E-state index contributed by atoms with van der Waals surface area (Å²) in [6, 6.07) is 8.92. The van der Waals surface area contributed by atoms with Gasteiger partial charge in [-0.1, -0.05) is 12.1 Å². The van der Waals surface area contributed by atoms with Gasteiger partial charge in [-0.3, -0.25) is 4.79 Å². The first kappa shape index (κ1) is 12.4. The van der Waals surface area contributed by atoms with E-state index in [1.807, 2.05) is 6.07 Å². The van der Waals surface area contributed by atoms with Gasteiger partial charge in [0.1, 0.15) is 11.6 Å². The molecule has 1 aromatic heterocycles. The Hall–Kier alpha value is -3.01. The van der Waals surface area contributed by atoms with Crippen LogP contribution in [0.2, 0.25) is 0 Å². The van der Waals surface area contributed by atoms with Crippen molar-refractivity contribution >= 4 is 17.0 Å². The number of aromatic nitrogens is 4. The predicted molar refractivity (Wildman–Crippen MR) is 67.8 cm³/mol. The molecule has 2 aromatic rings. The molecule has 1 aromatic carbocycles. The molecule has 19 heavy (non-hydrogen) atoms. The molecule has 0 aliphatic rings. The van der Waals surface area contributed by atoms with E-state index in [9.17, 15) is 4.79 Å². The van der Waals surface area contributed by atoms with Crippen LogP contribution in [0.4, 0.5) is 5.69 Å². The summed E-state index contributed by atoms with van der Waals surface area (Å²) in [6.45, 7) is 1.50. The molecule has 1 heterocycles. The summed E-state index contributed by atoms with van der Waals surface area (Å²) in [5.74, 6) is 0.184. The van der Waals surface area contributed by atoms with Crippen LogP contribution in [0.15, 0.2) is 30.5 Å². The molecule has 94 valence electrons. The van der Waals surface area contributed by atoms with Crippen molar-refractivity contribution < 1.29 is 4.79 Å². The van der Waals surface area contributed by atoms with Gasteiger partial charge in [0, 0.05) is 17.5 Å². The van der Waals surface area contributed by atoms with Gasteiger partial charge in [0.15, 0.2) is 5.78 Å². The second-order valence-corrected chi connectivity index (χ2v) is 3.69. The van der Waals surface area contributed by atoms with E-state index in [0.29, 0.717) is 11.3 Å². The predicted octanol–water partition coefficient (Wildman–Crippen LogP) is 1.38. The van der Waals surface area contributed by atoms with E-state index in [0.717, 1.165) is 0 Å². The number of carbonyl (C=O) groups excluding carboxylic acids is 1. The number of nitrogens with zero attached hydrogens (tertiary/aromatic N) is 4. The van der Waals surface area contributed by atoms with Gasteiger partial charge in [-0.25, -0.2) is 0 Å². The molecule has 0 radical (unpaired) electrons. The van der Waals surface area contributed by atoms with Crippen molar-refractivity contribution in [3.63, 3.8) is 0 Å². The molecule has 0 unspecified atom stereocenters. The Kier molecular flexibility index (Phi) is 3.64. The van der Waals surface area contributed by atoms with Gasteiger partial charge in [-0.15, -0.1) is 10.2 Å². The summed E-state index contributed by atoms with van der Waals surface area (Å²) >= 11 is 0. The second-order valence-electron chi connectivity index (χ2n) is 3.69. The number of benzene rings is 1. The van der Waals surface area contributed by atoms with E-state index in [2.05, 4.69) is 25.9 Å². The number of rotatable bonds is 4. The van der Waals surface area contributed by atoms with Gasteiger partial charge in [-0.05, 0) is 24.3 Å². The van der Waals surface area contributed by atoms with Gasteiger partial charge in [0.25, 0.3) is 0 Å². The van der Waals surface area contributed by atoms with Crippen LogP contribution >= 0.6 is 0 Å². The second kappa shape index (κ2) is 5.55. The van der Waals surface area contributed by atoms with Crippen molar-refractivity contribution in [2.75, 3.05) is 5.32 Å². The molecule has 0 aliphatic heterocycles. The van der Waals surface area contributed by atoms with Crippen LogP contribution in [0.3, 0.4) is 0 Å². The number of tetrazole rings is 1. The number of nitrogens with one attached hydrogen (secondary N) is 2. The van der Waals surface area contributed by atoms with E-state index in [1.165, 1.54) is 13.1 Å². The number of hydrogen-bond donors (Lipinski definition) is 2. The molecular weight excluding hydrogens is 244 g/mol. The molecule has 0 fully saturated rings. The number of nitriles is 1. The summed E-state index contributed by atoms with van der Waals surface area (Å²) in [6.07, 6.45) is 1.46. The molecule has 7 heteroatoms. The van der Waals surface area contributed by atoms with Crippen molar-refractivity contribution in [3.8, 4) is 6.07 Å².